The van der Waals surface area contributed by atoms with Gasteiger partial charge in [-0.1, -0.05) is 11.6 Å². The van der Waals surface area contributed by atoms with Crippen LogP contribution in [-0.4, -0.2) is 20.6 Å². The van der Waals surface area contributed by atoms with Gasteiger partial charge in [0.15, 0.2) is 0 Å². The summed E-state index contributed by atoms with van der Waals surface area (Å²) in [6.45, 7) is 6.00. The van der Waals surface area contributed by atoms with Gasteiger partial charge in [-0.25, -0.2) is 9.78 Å². The van der Waals surface area contributed by atoms with E-state index in [1.807, 2.05) is 37.5 Å². The van der Waals surface area contributed by atoms with Crippen molar-refractivity contribution >= 4 is 34.7 Å². The van der Waals surface area contributed by atoms with Crippen molar-refractivity contribution in [1.82, 2.24) is 9.55 Å². The zero-order valence-corrected chi connectivity index (χ0v) is 11.8. The van der Waals surface area contributed by atoms with Gasteiger partial charge in [0.05, 0.1) is 11.0 Å². The fraction of sp³-hybridized carbons (Fsp3) is 0.286. The minimum absolute atomic E-state index is 0.163. The van der Waals surface area contributed by atoms with E-state index in [-0.39, 0.29) is 6.04 Å². The van der Waals surface area contributed by atoms with Crippen LogP contribution in [0.25, 0.3) is 17.1 Å². The Morgan fingerprint density at radius 3 is 2.74 bits per heavy atom. The number of carboxylic acids is 1. The Bertz CT molecular complexity index is 672. The summed E-state index contributed by atoms with van der Waals surface area (Å²) in [5, 5.41) is 9.42. The van der Waals surface area contributed by atoms with E-state index in [0.717, 1.165) is 22.7 Å². The molecule has 0 saturated carbocycles. The van der Waals surface area contributed by atoms with Gasteiger partial charge in [-0.15, -0.1) is 0 Å². The molecule has 19 heavy (non-hydrogen) atoms. The number of benzene rings is 1. The van der Waals surface area contributed by atoms with Crippen molar-refractivity contribution < 1.29 is 9.90 Å². The van der Waals surface area contributed by atoms with Gasteiger partial charge < -0.3 is 9.67 Å². The predicted molar refractivity (Wildman–Crippen MR) is 76.5 cm³/mol. The van der Waals surface area contributed by atoms with Crippen molar-refractivity contribution in [2.45, 2.75) is 26.8 Å². The molecule has 0 bridgehead atoms. The van der Waals surface area contributed by atoms with Crippen LogP contribution in [-0.2, 0) is 4.79 Å². The van der Waals surface area contributed by atoms with Crippen LogP contribution < -0.4 is 0 Å². The Hall–Kier alpha value is -1.81. The highest BCUT2D eigenvalue weighted by atomic mass is 35.5. The molecule has 0 aliphatic rings. The zero-order valence-electron chi connectivity index (χ0n) is 11.0. The number of hydrogen-bond donors (Lipinski definition) is 1. The van der Waals surface area contributed by atoms with E-state index < -0.39 is 5.97 Å². The van der Waals surface area contributed by atoms with Gasteiger partial charge in [-0.2, -0.15) is 0 Å². The van der Waals surface area contributed by atoms with Crippen molar-refractivity contribution in [3.05, 3.63) is 34.6 Å². The highest BCUT2D eigenvalue weighted by Gasteiger charge is 2.15. The third kappa shape index (κ3) is 2.49. The number of carbonyl (C=O) groups is 1. The van der Waals surface area contributed by atoms with E-state index in [1.165, 1.54) is 6.08 Å². The number of aliphatic carboxylic acids is 1. The maximum atomic E-state index is 10.6. The maximum absolute atomic E-state index is 10.6. The van der Waals surface area contributed by atoms with Crippen LogP contribution in [0.15, 0.2) is 18.2 Å². The van der Waals surface area contributed by atoms with Crippen molar-refractivity contribution in [1.29, 1.82) is 0 Å². The van der Waals surface area contributed by atoms with E-state index in [0.29, 0.717) is 10.8 Å². The molecule has 1 aromatic carbocycles. The van der Waals surface area contributed by atoms with Crippen molar-refractivity contribution in [3.63, 3.8) is 0 Å². The topological polar surface area (TPSA) is 55.1 Å². The Morgan fingerprint density at radius 1 is 1.47 bits per heavy atom. The number of hydrogen-bond acceptors (Lipinski definition) is 2. The van der Waals surface area contributed by atoms with Gasteiger partial charge in [-0.05, 0) is 44.5 Å². The van der Waals surface area contributed by atoms with Crippen molar-refractivity contribution in [3.8, 4) is 0 Å². The normalized spacial score (nSPS) is 11.8. The Kier molecular flexibility index (Phi) is 3.62. The minimum Gasteiger partial charge on any atom is -0.478 e. The zero-order chi connectivity index (χ0) is 14.2. The van der Waals surface area contributed by atoms with Crippen LogP contribution in [0, 0.1) is 6.92 Å². The quantitative estimate of drug-likeness (QED) is 0.872. The number of imidazole rings is 1. The third-order valence-corrected chi connectivity index (χ3v) is 3.37. The highest BCUT2D eigenvalue weighted by Crippen LogP contribution is 2.29. The van der Waals surface area contributed by atoms with E-state index in [9.17, 15) is 4.79 Å². The first-order valence-corrected chi connectivity index (χ1v) is 6.37. The molecule has 0 radical (unpaired) electrons. The van der Waals surface area contributed by atoms with Gasteiger partial charge in [0.2, 0.25) is 0 Å². The van der Waals surface area contributed by atoms with Gasteiger partial charge in [0.1, 0.15) is 5.82 Å². The van der Waals surface area contributed by atoms with Gasteiger partial charge in [0.25, 0.3) is 0 Å². The largest absolute Gasteiger partial charge is 0.478 e. The van der Waals surface area contributed by atoms with E-state index in [1.54, 1.807) is 0 Å². The summed E-state index contributed by atoms with van der Waals surface area (Å²) in [4.78, 5) is 15.1. The number of fused-ring (bicyclic) bond motifs is 1. The second-order valence-electron chi connectivity index (χ2n) is 4.65. The van der Waals surface area contributed by atoms with Gasteiger partial charge in [-0.3, -0.25) is 0 Å². The molecule has 0 unspecified atom stereocenters. The minimum atomic E-state index is -0.989. The molecule has 4 nitrogen and oxygen atoms in total. The second-order valence-corrected chi connectivity index (χ2v) is 5.05. The molecule has 5 heteroatoms. The number of nitrogens with zero attached hydrogens (tertiary/aromatic N) is 2. The van der Waals surface area contributed by atoms with Crippen LogP contribution in [0.4, 0.5) is 0 Å². The Balaban J connectivity index is 2.75. The summed E-state index contributed by atoms with van der Waals surface area (Å²) in [7, 11) is 0. The lowest BCUT2D eigenvalue weighted by Crippen LogP contribution is -2.04. The predicted octanol–water partition coefficient (Wildman–Crippen LogP) is 3.68. The van der Waals surface area contributed by atoms with E-state index in [2.05, 4.69) is 4.98 Å². The lowest BCUT2D eigenvalue weighted by Gasteiger charge is -2.13. The van der Waals surface area contributed by atoms with Crippen LogP contribution in [0.3, 0.4) is 0 Å². The smallest absolute Gasteiger partial charge is 0.328 e. The summed E-state index contributed by atoms with van der Waals surface area (Å²) in [6.07, 6.45) is 2.60. The van der Waals surface area contributed by atoms with E-state index in [4.69, 9.17) is 16.7 Å². The molecular weight excluding hydrogens is 264 g/mol. The first kappa shape index (κ1) is 13.6. The van der Waals surface area contributed by atoms with Gasteiger partial charge in [0, 0.05) is 17.1 Å². The molecule has 1 aromatic heterocycles. The number of aromatic nitrogens is 2. The molecule has 2 aromatic rings. The lowest BCUT2D eigenvalue weighted by molar-refractivity contribution is -0.131. The summed E-state index contributed by atoms with van der Waals surface area (Å²) in [5.41, 5.74) is 2.73. The number of carboxylic acid groups (broad SMARTS) is 1. The third-order valence-electron chi connectivity index (χ3n) is 2.96. The summed E-state index contributed by atoms with van der Waals surface area (Å²) in [5.74, 6) is -0.366. The van der Waals surface area contributed by atoms with Crippen LogP contribution in [0.1, 0.15) is 31.3 Å². The van der Waals surface area contributed by atoms with Crippen LogP contribution in [0.5, 0.6) is 0 Å². The average molecular weight is 279 g/mol. The number of halogens is 1. The Morgan fingerprint density at radius 2 is 2.16 bits per heavy atom. The molecule has 0 atom stereocenters. The van der Waals surface area contributed by atoms with Crippen molar-refractivity contribution in [2.24, 2.45) is 0 Å². The maximum Gasteiger partial charge on any atom is 0.328 e. The number of aryl methyl sites for hydroxylation is 1. The molecule has 2 rings (SSSR count). The fourth-order valence-corrected chi connectivity index (χ4v) is 2.29. The molecular formula is C14H15ClN2O2. The number of rotatable bonds is 3. The first-order chi connectivity index (χ1) is 8.91. The van der Waals surface area contributed by atoms with E-state index >= 15 is 0 Å². The molecule has 1 N–H and O–H groups in total. The molecule has 0 fully saturated rings. The second kappa shape index (κ2) is 5.05. The molecule has 0 spiro atoms. The van der Waals surface area contributed by atoms with Crippen LogP contribution in [0.2, 0.25) is 5.02 Å². The first-order valence-electron chi connectivity index (χ1n) is 6.00. The molecule has 0 amide bonds. The van der Waals surface area contributed by atoms with Crippen molar-refractivity contribution in [2.75, 3.05) is 0 Å². The molecule has 0 saturated heterocycles. The summed E-state index contributed by atoms with van der Waals surface area (Å²) in [6, 6.07) is 3.82. The average Bonchev–Trinajstić information content (AvgIpc) is 2.70. The standard InChI is InChI=1S/C14H15ClN2O2/c1-8(2)17-12(6-7-13(18)19)16-11-5-4-10(15)9(3)14(11)17/h4-8H,1-3H3,(H,18,19)/b7-6+. The van der Waals surface area contributed by atoms with Gasteiger partial charge >= 0.3 is 5.97 Å². The fourth-order valence-electron chi connectivity index (χ4n) is 2.13. The molecule has 0 aliphatic heterocycles. The summed E-state index contributed by atoms with van der Waals surface area (Å²) < 4.78 is 2.00. The highest BCUT2D eigenvalue weighted by molar-refractivity contribution is 6.32. The molecule has 100 valence electrons. The monoisotopic (exact) mass is 278 g/mol. The van der Waals surface area contributed by atoms with Crippen LogP contribution >= 0.6 is 11.6 Å². The lowest BCUT2D eigenvalue weighted by atomic mass is 10.2. The Labute approximate surface area is 116 Å². The molecule has 0 aliphatic carbocycles. The SMILES string of the molecule is Cc1c(Cl)ccc2nc(/C=C/C(=O)O)n(C(C)C)c12. The molecule has 1 heterocycles. The summed E-state index contributed by atoms with van der Waals surface area (Å²) >= 11 is 6.15.